The van der Waals surface area contributed by atoms with Crippen molar-refractivity contribution in [3.63, 3.8) is 0 Å². The van der Waals surface area contributed by atoms with Crippen molar-refractivity contribution >= 4 is 0 Å². The Morgan fingerprint density at radius 1 is 1.06 bits per heavy atom. The van der Waals surface area contributed by atoms with Crippen LogP contribution in [0.5, 0.6) is 0 Å². The third-order valence-corrected chi connectivity index (χ3v) is 5.63. The van der Waals surface area contributed by atoms with E-state index >= 15 is 0 Å². The molecule has 2 nitrogen and oxygen atoms in total. The van der Waals surface area contributed by atoms with Crippen LogP contribution in [0.1, 0.15) is 57.8 Å². The highest BCUT2D eigenvalue weighted by atomic mass is 15.1. The summed E-state index contributed by atoms with van der Waals surface area (Å²) in [5, 5.41) is 3.80. The molecule has 1 N–H and O–H groups in total. The minimum atomic E-state index is 0.884. The zero-order valence-corrected chi connectivity index (χ0v) is 12.0. The van der Waals surface area contributed by atoms with Gasteiger partial charge in [0.15, 0.2) is 0 Å². The number of fused-ring (bicyclic) bond motifs is 1. The van der Waals surface area contributed by atoms with Crippen molar-refractivity contribution in [2.75, 3.05) is 20.1 Å². The van der Waals surface area contributed by atoms with Crippen molar-refractivity contribution in [1.82, 2.24) is 10.2 Å². The maximum atomic E-state index is 3.80. The largest absolute Gasteiger partial charge is 0.314 e. The summed E-state index contributed by atoms with van der Waals surface area (Å²) < 4.78 is 0. The van der Waals surface area contributed by atoms with Crippen LogP contribution in [0.3, 0.4) is 0 Å². The molecule has 3 fully saturated rings. The lowest BCUT2D eigenvalue weighted by atomic mass is 9.94. The Morgan fingerprint density at radius 2 is 1.89 bits per heavy atom. The Bertz CT molecular complexity index is 260. The summed E-state index contributed by atoms with van der Waals surface area (Å²) in [7, 11) is 2.34. The molecule has 3 atom stereocenters. The fourth-order valence-electron chi connectivity index (χ4n) is 4.28. The molecule has 0 aromatic heterocycles. The third-order valence-electron chi connectivity index (χ3n) is 5.63. The average Bonchev–Trinajstić information content (AvgIpc) is 3.10. The minimum absolute atomic E-state index is 0.884. The Kier molecular flexibility index (Phi) is 4.25. The van der Waals surface area contributed by atoms with Gasteiger partial charge in [0.05, 0.1) is 0 Å². The Hall–Kier alpha value is -0.0800. The van der Waals surface area contributed by atoms with Gasteiger partial charge in [0, 0.05) is 12.1 Å². The Labute approximate surface area is 113 Å². The Morgan fingerprint density at radius 3 is 2.56 bits per heavy atom. The van der Waals surface area contributed by atoms with Gasteiger partial charge in [0.1, 0.15) is 0 Å². The molecule has 3 rings (SSSR count). The van der Waals surface area contributed by atoms with Gasteiger partial charge >= 0.3 is 0 Å². The van der Waals surface area contributed by atoms with E-state index in [0.29, 0.717) is 0 Å². The maximum Gasteiger partial charge on any atom is 0.00981 e. The van der Waals surface area contributed by atoms with Crippen LogP contribution in [0.4, 0.5) is 0 Å². The average molecular weight is 250 g/mol. The summed E-state index contributed by atoms with van der Waals surface area (Å²) in [6.07, 6.45) is 13.1. The summed E-state index contributed by atoms with van der Waals surface area (Å²) in [5.74, 6) is 2.19. The fourth-order valence-corrected chi connectivity index (χ4v) is 4.28. The summed E-state index contributed by atoms with van der Waals surface area (Å²) in [4.78, 5) is 2.62. The smallest absolute Gasteiger partial charge is 0.00981 e. The predicted octanol–water partition coefficient (Wildman–Crippen LogP) is 3.03. The van der Waals surface area contributed by atoms with Crippen LogP contribution < -0.4 is 5.32 Å². The fraction of sp³-hybridized carbons (Fsp3) is 1.00. The maximum absolute atomic E-state index is 3.80. The van der Waals surface area contributed by atoms with Crippen molar-refractivity contribution in [2.45, 2.75) is 69.9 Å². The first kappa shape index (κ1) is 12.9. The molecular formula is C16H30N2. The molecule has 104 valence electrons. The van der Waals surface area contributed by atoms with Gasteiger partial charge < -0.3 is 10.2 Å². The summed E-state index contributed by atoms with van der Waals surface area (Å²) in [5.41, 5.74) is 0. The van der Waals surface area contributed by atoms with Crippen molar-refractivity contribution in [2.24, 2.45) is 11.8 Å². The summed E-state index contributed by atoms with van der Waals surface area (Å²) in [6.45, 7) is 2.53. The van der Waals surface area contributed by atoms with Crippen molar-refractivity contribution in [3.05, 3.63) is 0 Å². The molecule has 3 saturated carbocycles. The predicted molar refractivity (Wildman–Crippen MR) is 76.7 cm³/mol. The molecule has 0 aliphatic heterocycles. The van der Waals surface area contributed by atoms with Crippen LogP contribution >= 0.6 is 0 Å². The van der Waals surface area contributed by atoms with E-state index in [1.54, 1.807) is 0 Å². The van der Waals surface area contributed by atoms with E-state index in [-0.39, 0.29) is 0 Å². The lowest BCUT2D eigenvalue weighted by Gasteiger charge is -2.31. The van der Waals surface area contributed by atoms with Crippen LogP contribution in [0.25, 0.3) is 0 Å². The van der Waals surface area contributed by atoms with E-state index in [1.807, 2.05) is 0 Å². The zero-order valence-electron chi connectivity index (χ0n) is 12.0. The number of nitrogens with one attached hydrogen (secondary N) is 1. The molecule has 0 aromatic rings. The molecule has 0 spiro atoms. The number of hydrogen-bond donors (Lipinski definition) is 1. The van der Waals surface area contributed by atoms with Gasteiger partial charge in [-0.15, -0.1) is 0 Å². The van der Waals surface area contributed by atoms with Crippen LogP contribution in [0, 0.1) is 11.8 Å². The van der Waals surface area contributed by atoms with Gasteiger partial charge in [-0.3, -0.25) is 0 Å². The molecule has 0 amide bonds. The highest BCUT2D eigenvalue weighted by Crippen LogP contribution is 2.51. The quantitative estimate of drug-likeness (QED) is 0.729. The Balaban J connectivity index is 1.27. The lowest BCUT2D eigenvalue weighted by Crippen LogP contribution is -2.36. The van der Waals surface area contributed by atoms with Crippen molar-refractivity contribution in [3.8, 4) is 0 Å². The zero-order chi connectivity index (χ0) is 12.4. The number of nitrogens with zero attached hydrogens (tertiary/aromatic N) is 1. The van der Waals surface area contributed by atoms with Gasteiger partial charge in [-0.05, 0) is 70.5 Å². The minimum Gasteiger partial charge on any atom is -0.314 e. The van der Waals surface area contributed by atoms with Crippen molar-refractivity contribution in [1.29, 1.82) is 0 Å². The monoisotopic (exact) mass is 250 g/mol. The molecule has 0 saturated heterocycles. The first-order chi connectivity index (χ1) is 8.84. The second kappa shape index (κ2) is 5.92. The van der Waals surface area contributed by atoms with Gasteiger partial charge in [0.25, 0.3) is 0 Å². The molecule has 0 aromatic carbocycles. The number of hydrogen-bond acceptors (Lipinski definition) is 2. The third kappa shape index (κ3) is 3.08. The normalized spacial score (nSPS) is 36.0. The van der Waals surface area contributed by atoms with E-state index in [9.17, 15) is 0 Å². The van der Waals surface area contributed by atoms with Crippen LogP contribution in [-0.4, -0.2) is 37.1 Å². The summed E-state index contributed by atoms with van der Waals surface area (Å²) >= 11 is 0. The SMILES string of the molecule is CN(CCCNC1CCC2CC21)C1CCCCC1. The van der Waals surface area contributed by atoms with Gasteiger partial charge in [-0.1, -0.05) is 19.3 Å². The second-order valence-electron chi connectivity index (χ2n) is 6.92. The first-order valence-corrected chi connectivity index (χ1v) is 8.28. The molecule has 0 radical (unpaired) electrons. The summed E-state index contributed by atoms with van der Waals surface area (Å²) in [6, 6.07) is 1.77. The second-order valence-corrected chi connectivity index (χ2v) is 6.92. The van der Waals surface area contributed by atoms with E-state index in [2.05, 4.69) is 17.3 Å². The van der Waals surface area contributed by atoms with Crippen LogP contribution in [-0.2, 0) is 0 Å². The highest BCUT2D eigenvalue weighted by Gasteiger charge is 2.47. The van der Waals surface area contributed by atoms with E-state index in [0.717, 1.165) is 23.9 Å². The van der Waals surface area contributed by atoms with Crippen molar-refractivity contribution < 1.29 is 0 Å². The molecule has 3 aliphatic rings. The standard InChI is InChI=1S/C16H30N2/c1-18(14-6-3-2-4-7-14)11-5-10-17-16-9-8-13-12-15(13)16/h13-17H,2-12H2,1H3. The molecular weight excluding hydrogens is 220 g/mol. The molecule has 0 bridgehead atoms. The van der Waals surface area contributed by atoms with E-state index < -0.39 is 0 Å². The van der Waals surface area contributed by atoms with Gasteiger partial charge in [-0.25, -0.2) is 0 Å². The van der Waals surface area contributed by atoms with Crippen LogP contribution in [0.2, 0.25) is 0 Å². The topological polar surface area (TPSA) is 15.3 Å². The van der Waals surface area contributed by atoms with E-state index in [1.165, 1.54) is 70.9 Å². The molecule has 3 unspecified atom stereocenters. The van der Waals surface area contributed by atoms with Gasteiger partial charge in [0.2, 0.25) is 0 Å². The highest BCUT2D eigenvalue weighted by molar-refractivity contribution is 5.01. The first-order valence-electron chi connectivity index (χ1n) is 8.28. The van der Waals surface area contributed by atoms with E-state index in [4.69, 9.17) is 0 Å². The number of rotatable bonds is 6. The molecule has 0 heterocycles. The molecule has 18 heavy (non-hydrogen) atoms. The van der Waals surface area contributed by atoms with Gasteiger partial charge in [-0.2, -0.15) is 0 Å². The molecule has 2 heteroatoms. The van der Waals surface area contributed by atoms with Crippen LogP contribution in [0.15, 0.2) is 0 Å². The molecule has 3 aliphatic carbocycles. The lowest BCUT2D eigenvalue weighted by molar-refractivity contribution is 0.189.